The van der Waals surface area contributed by atoms with Crippen molar-refractivity contribution in [2.45, 2.75) is 38.4 Å². The molecule has 0 radical (unpaired) electrons. The Bertz CT molecular complexity index is 953. The highest BCUT2D eigenvalue weighted by molar-refractivity contribution is 5.86. The number of fused-ring (bicyclic) bond motifs is 1. The Kier molecular flexibility index (Phi) is 6.83. The zero-order valence-corrected chi connectivity index (χ0v) is 18.5. The summed E-state index contributed by atoms with van der Waals surface area (Å²) < 4.78 is 11.7. The molecule has 172 valence electrons. The topological polar surface area (TPSA) is 103 Å². The van der Waals surface area contributed by atoms with E-state index in [4.69, 9.17) is 9.47 Å². The highest BCUT2D eigenvalue weighted by Gasteiger charge is 2.55. The van der Waals surface area contributed by atoms with Crippen LogP contribution in [0.25, 0.3) is 0 Å². The standard InChI is InChI=1S/C24H31N3O5/c1-3-13-32-18-10-9-15(14-19(18)31-4-2)23-20-21(16-7-5-6-8-17(16)29)25-26-22(20)24(30)27(23)11-12-28/h5-10,14,20-23,25-26,28-29H,3-4,11-13H2,1-2H3. The fraction of sp³-hybridized carbons (Fsp3) is 0.458. The molecule has 2 aliphatic rings. The number of para-hydroxylation sites is 1. The number of ether oxygens (including phenoxy) is 2. The first-order chi connectivity index (χ1) is 15.6. The third-order valence-corrected chi connectivity index (χ3v) is 6.10. The SMILES string of the molecule is CCCOc1ccc(C2C3C(NNC3c3ccccc3O)C(=O)N2CCO)cc1OCC. The Hall–Kier alpha value is -2.81. The number of rotatable bonds is 9. The van der Waals surface area contributed by atoms with Crippen LogP contribution in [0.1, 0.15) is 43.5 Å². The van der Waals surface area contributed by atoms with Crippen molar-refractivity contribution in [1.29, 1.82) is 0 Å². The highest BCUT2D eigenvalue weighted by Crippen LogP contribution is 2.49. The molecule has 4 unspecified atom stereocenters. The number of carbonyl (C=O) groups excluding carboxylic acids is 1. The number of hydrazine groups is 1. The summed E-state index contributed by atoms with van der Waals surface area (Å²) in [4.78, 5) is 15.0. The van der Waals surface area contributed by atoms with Crippen LogP contribution in [0.5, 0.6) is 17.2 Å². The molecule has 4 atom stereocenters. The highest BCUT2D eigenvalue weighted by atomic mass is 16.5. The van der Waals surface area contributed by atoms with Gasteiger partial charge in [0.1, 0.15) is 11.8 Å². The lowest BCUT2D eigenvalue weighted by Crippen LogP contribution is -2.42. The van der Waals surface area contributed by atoms with Crippen molar-refractivity contribution in [2.75, 3.05) is 26.4 Å². The number of amides is 1. The van der Waals surface area contributed by atoms with E-state index in [0.717, 1.165) is 17.5 Å². The van der Waals surface area contributed by atoms with Crippen molar-refractivity contribution in [1.82, 2.24) is 15.8 Å². The maximum Gasteiger partial charge on any atom is 0.242 e. The van der Waals surface area contributed by atoms with Gasteiger partial charge in [0.05, 0.1) is 31.9 Å². The van der Waals surface area contributed by atoms with Crippen LogP contribution < -0.4 is 20.3 Å². The summed E-state index contributed by atoms with van der Waals surface area (Å²) in [5, 5.41) is 20.1. The first-order valence-corrected chi connectivity index (χ1v) is 11.2. The van der Waals surface area contributed by atoms with Crippen LogP contribution >= 0.6 is 0 Å². The summed E-state index contributed by atoms with van der Waals surface area (Å²) in [6.07, 6.45) is 0.887. The van der Waals surface area contributed by atoms with Crippen molar-refractivity contribution in [3.8, 4) is 17.2 Å². The molecule has 2 saturated heterocycles. The van der Waals surface area contributed by atoms with Crippen molar-refractivity contribution in [2.24, 2.45) is 5.92 Å². The second-order valence-electron chi connectivity index (χ2n) is 8.07. The first kappa shape index (κ1) is 22.4. The maximum absolute atomic E-state index is 13.2. The monoisotopic (exact) mass is 441 g/mol. The Morgan fingerprint density at radius 1 is 1.03 bits per heavy atom. The van der Waals surface area contributed by atoms with Gasteiger partial charge in [-0.1, -0.05) is 31.2 Å². The van der Waals surface area contributed by atoms with Gasteiger partial charge in [-0.15, -0.1) is 0 Å². The molecule has 2 aromatic carbocycles. The number of aliphatic hydroxyl groups excluding tert-OH is 1. The fourth-order valence-electron chi connectivity index (χ4n) is 4.78. The lowest BCUT2D eigenvalue weighted by atomic mass is 9.83. The summed E-state index contributed by atoms with van der Waals surface area (Å²) in [6.45, 7) is 5.14. The van der Waals surface area contributed by atoms with Crippen LogP contribution in [0.15, 0.2) is 42.5 Å². The smallest absolute Gasteiger partial charge is 0.242 e. The molecule has 0 aliphatic carbocycles. The van der Waals surface area contributed by atoms with Crippen molar-refractivity contribution in [3.63, 3.8) is 0 Å². The molecule has 8 heteroatoms. The van der Waals surface area contributed by atoms with Gasteiger partial charge >= 0.3 is 0 Å². The summed E-state index contributed by atoms with van der Waals surface area (Å²) in [7, 11) is 0. The van der Waals surface area contributed by atoms with Gasteiger partial charge in [0, 0.05) is 18.0 Å². The largest absolute Gasteiger partial charge is 0.508 e. The zero-order valence-electron chi connectivity index (χ0n) is 18.5. The second-order valence-corrected chi connectivity index (χ2v) is 8.07. The minimum atomic E-state index is -0.470. The van der Waals surface area contributed by atoms with Gasteiger partial charge in [-0.2, -0.15) is 0 Å². The first-order valence-electron chi connectivity index (χ1n) is 11.2. The van der Waals surface area contributed by atoms with Gasteiger partial charge in [0.2, 0.25) is 5.91 Å². The molecule has 2 heterocycles. The van der Waals surface area contributed by atoms with E-state index < -0.39 is 6.04 Å². The number of carbonyl (C=O) groups is 1. The minimum Gasteiger partial charge on any atom is -0.508 e. The van der Waals surface area contributed by atoms with E-state index >= 15 is 0 Å². The number of aromatic hydroxyl groups is 1. The summed E-state index contributed by atoms with van der Waals surface area (Å²) in [6, 6.07) is 11.9. The van der Waals surface area contributed by atoms with E-state index in [1.54, 1.807) is 17.0 Å². The average Bonchev–Trinajstić information content (AvgIpc) is 3.33. The molecule has 2 fully saturated rings. The van der Waals surface area contributed by atoms with Crippen LogP contribution in [-0.2, 0) is 4.79 Å². The van der Waals surface area contributed by atoms with Crippen LogP contribution in [0.2, 0.25) is 0 Å². The molecule has 8 nitrogen and oxygen atoms in total. The van der Waals surface area contributed by atoms with Gasteiger partial charge in [0.25, 0.3) is 0 Å². The lowest BCUT2D eigenvalue weighted by molar-refractivity contribution is -0.131. The molecular formula is C24H31N3O5. The van der Waals surface area contributed by atoms with E-state index in [1.165, 1.54) is 0 Å². The Morgan fingerprint density at radius 3 is 2.53 bits per heavy atom. The van der Waals surface area contributed by atoms with E-state index in [0.29, 0.717) is 24.7 Å². The predicted molar refractivity (Wildman–Crippen MR) is 119 cm³/mol. The molecule has 4 rings (SSSR count). The number of benzene rings is 2. The van der Waals surface area contributed by atoms with Crippen molar-refractivity contribution < 1.29 is 24.5 Å². The van der Waals surface area contributed by atoms with Crippen molar-refractivity contribution >= 4 is 5.91 Å². The summed E-state index contributed by atoms with van der Waals surface area (Å²) >= 11 is 0. The number of aliphatic hydroxyl groups is 1. The van der Waals surface area contributed by atoms with E-state index in [-0.39, 0.29) is 42.8 Å². The third kappa shape index (κ3) is 4.01. The number of hydrogen-bond donors (Lipinski definition) is 4. The predicted octanol–water partition coefficient (Wildman–Crippen LogP) is 2.29. The third-order valence-electron chi connectivity index (χ3n) is 6.10. The maximum atomic E-state index is 13.2. The number of phenolic OH excluding ortho intramolecular Hbond substituents is 1. The minimum absolute atomic E-state index is 0.0799. The van der Waals surface area contributed by atoms with Crippen LogP contribution in [-0.4, -0.2) is 53.4 Å². The molecule has 32 heavy (non-hydrogen) atoms. The number of β-amino-alcohol motifs (C(OH)–C–C–N with tert-alkyl or cyclic N) is 1. The number of nitrogens with zero attached hydrogens (tertiary/aromatic N) is 1. The Morgan fingerprint density at radius 2 is 1.81 bits per heavy atom. The molecule has 1 amide bonds. The number of hydrogen-bond acceptors (Lipinski definition) is 7. The fourth-order valence-corrected chi connectivity index (χ4v) is 4.78. The summed E-state index contributed by atoms with van der Waals surface area (Å²) in [5.74, 6) is 1.21. The quantitative estimate of drug-likeness (QED) is 0.473. The van der Waals surface area contributed by atoms with E-state index in [1.807, 2.05) is 44.2 Å². The molecule has 0 aromatic heterocycles. The number of nitrogens with one attached hydrogen (secondary N) is 2. The van der Waals surface area contributed by atoms with E-state index in [2.05, 4.69) is 10.9 Å². The van der Waals surface area contributed by atoms with Crippen LogP contribution in [0, 0.1) is 5.92 Å². The van der Waals surface area contributed by atoms with Crippen LogP contribution in [0.4, 0.5) is 0 Å². The number of phenols is 1. The molecular weight excluding hydrogens is 410 g/mol. The van der Waals surface area contributed by atoms with Crippen LogP contribution in [0.3, 0.4) is 0 Å². The average molecular weight is 442 g/mol. The van der Waals surface area contributed by atoms with Crippen molar-refractivity contribution in [3.05, 3.63) is 53.6 Å². The second kappa shape index (κ2) is 9.77. The van der Waals surface area contributed by atoms with Gasteiger partial charge in [0.15, 0.2) is 11.5 Å². The summed E-state index contributed by atoms with van der Waals surface area (Å²) in [5.41, 5.74) is 7.96. The lowest BCUT2D eigenvalue weighted by Gasteiger charge is -2.31. The number of likely N-dealkylation sites (tertiary alicyclic amines) is 1. The van der Waals surface area contributed by atoms with Gasteiger partial charge in [-0.05, 0) is 37.1 Å². The molecule has 0 saturated carbocycles. The molecule has 2 aromatic rings. The Labute approximate surface area is 188 Å². The molecule has 0 bridgehead atoms. The van der Waals surface area contributed by atoms with Gasteiger partial charge < -0.3 is 24.6 Å². The normalized spacial score (nSPS) is 24.6. The van der Waals surface area contributed by atoms with E-state index in [9.17, 15) is 15.0 Å². The van der Waals surface area contributed by atoms with Gasteiger partial charge in [-0.25, -0.2) is 10.9 Å². The zero-order chi connectivity index (χ0) is 22.7. The molecule has 4 N–H and O–H groups in total. The van der Waals surface area contributed by atoms with Gasteiger partial charge in [-0.3, -0.25) is 4.79 Å². The molecule has 2 aliphatic heterocycles. The Balaban J connectivity index is 1.76. The molecule has 0 spiro atoms.